The van der Waals surface area contributed by atoms with E-state index in [0.29, 0.717) is 5.92 Å². The number of nitrogens with zero attached hydrogens (tertiary/aromatic N) is 2. The second kappa shape index (κ2) is 8.99. The number of allylic oxidation sites excluding steroid dienone is 1. The van der Waals surface area contributed by atoms with Crippen molar-refractivity contribution in [1.29, 1.82) is 0 Å². The van der Waals surface area contributed by atoms with Gasteiger partial charge in [-0.2, -0.15) is 5.10 Å². The number of H-pyrrole nitrogens is 2. The van der Waals surface area contributed by atoms with Crippen LogP contribution in [0.5, 0.6) is 0 Å². The van der Waals surface area contributed by atoms with Crippen LogP contribution >= 0.6 is 0 Å². The molecule has 0 radical (unpaired) electrons. The summed E-state index contributed by atoms with van der Waals surface area (Å²) < 4.78 is 13.9. The smallest absolute Gasteiger partial charge is 0.123 e. The first-order chi connectivity index (χ1) is 18.6. The Balaban J connectivity index is 1.26. The molecule has 0 unspecified atom stereocenters. The lowest BCUT2D eigenvalue weighted by atomic mass is 9.83. The lowest BCUT2D eigenvalue weighted by Gasteiger charge is -2.28. The van der Waals surface area contributed by atoms with Crippen LogP contribution in [0.25, 0.3) is 55.4 Å². The van der Waals surface area contributed by atoms with Gasteiger partial charge >= 0.3 is 0 Å². The van der Waals surface area contributed by atoms with E-state index in [4.69, 9.17) is 0 Å². The fourth-order valence-electron chi connectivity index (χ4n) is 5.30. The second-order valence-electron chi connectivity index (χ2n) is 10.0. The van der Waals surface area contributed by atoms with Gasteiger partial charge in [-0.15, -0.1) is 0 Å². The van der Waals surface area contributed by atoms with Crippen molar-refractivity contribution >= 4 is 27.5 Å². The minimum absolute atomic E-state index is 0.248. The van der Waals surface area contributed by atoms with Crippen molar-refractivity contribution in [2.45, 2.75) is 19.3 Å². The molecule has 38 heavy (non-hydrogen) atoms. The SMILES string of the molecule is C=C(Nc1cncc(-c2ccc3[nH]nc(-c4cc5c(-c6cccc(F)c6)cccc5[nH]4)c3c2)c1)C1CCC1. The molecule has 186 valence electrons. The molecule has 0 atom stereocenters. The van der Waals surface area contributed by atoms with E-state index in [9.17, 15) is 4.39 Å². The van der Waals surface area contributed by atoms with Gasteiger partial charge in [0.1, 0.15) is 11.5 Å². The molecule has 0 bridgehead atoms. The Bertz CT molecular complexity index is 1820. The number of halogens is 1. The number of fused-ring (bicyclic) bond motifs is 2. The van der Waals surface area contributed by atoms with Gasteiger partial charge in [0.2, 0.25) is 0 Å². The monoisotopic (exact) mass is 499 g/mol. The molecule has 3 aromatic heterocycles. The molecular weight excluding hydrogens is 473 g/mol. The Labute approximate surface area is 219 Å². The van der Waals surface area contributed by atoms with Crippen LogP contribution in [0.1, 0.15) is 19.3 Å². The highest BCUT2D eigenvalue weighted by atomic mass is 19.1. The van der Waals surface area contributed by atoms with Crippen molar-refractivity contribution in [2.24, 2.45) is 5.92 Å². The van der Waals surface area contributed by atoms with Gasteiger partial charge in [0, 0.05) is 33.7 Å². The van der Waals surface area contributed by atoms with E-state index in [1.807, 2.05) is 36.7 Å². The molecule has 6 aromatic rings. The largest absolute Gasteiger partial charge is 0.358 e. The number of aromatic nitrogens is 4. The maximum absolute atomic E-state index is 13.9. The van der Waals surface area contributed by atoms with E-state index in [2.05, 4.69) is 62.4 Å². The first-order valence-corrected chi connectivity index (χ1v) is 12.9. The highest BCUT2D eigenvalue weighted by Crippen LogP contribution is 2.36. The highest BCUT2D eigenvalue weighted by molar-refractivity contribution is 6.01. The predicted molar refractivity (Wildman–Crippen MR) is 152 cm³/mol. The molecule has 0 aliphatic heterocycles. The number of nitrogens with one attached hydrogen (secondary N) is 3. The van der Waals surface area contributed by atoms with Crippen molar-refractivity contribution in [2.75, 3.05) is 5.32 Å². The van der Waals surface area contributed by atoms with Gasteiger partial charge < -0.3 is 10.3 Å². The quantitative estimate of drug-likeness (QED) is 0.216. The van der Waals surface area contributed by atoms with Gasteiger partial charge in [-0.05, 0) is 77.9 Å². The minimum atomic E-state index is -0.248. The second-order valence-corrected chi connectivity index (χ2v) is 10.0. The molecule has 3 N–H and O–H groups in total. The molecule has 1 aliphatic rings. The summed E-state index contributed by atoms with van der Waals surface area (Å²) in [6.45, 7) is 4.23. The molecule has 1 aliphatic carbocycles. The average Bonchev–Trinajstić information content (AvgIpc) is 3.51. The standard InChI is InChI=1S/C32H26FN5/c1-19(20-5-2-6-20)35-25-14-23(17-34-18-25)21-11-12-30-28(15-21)32(38-37-30)31-16-27-26(9-4-10-29(27)36-31)22-7-3-8-24(33)13-22/h3-4,7-18,20,35-36H,1-2,5-6H2,(H,37,38). The molecule has 0 spiro atoms. The van der Waals surface area contributed by atoms with Crippen LogP contribution in [0.3, 0.4) is 0 Å². The summed E-state index contributed by atoms with van der Waals surface area (Å²) in [5.41, 5.74) is 9.59. The van der Waals surface area contributed by atoms with Crippen LogP contribution < -0.4 is 5.32 Å². The number of hydrogen-bond donors (Lipinski definition) is 3. The van der Waals surface area contributed by atoms with E-state index in [1.165, 1.54) is 25.3 Å². The molecule has 1 saturated carbocycles. The van der Waals surface area contributed by atoms with Crippen molar-refractivity contribution in [1.82, 2.24) is 20.2 Å². The van der Waals surface area contributed by atoms with Crippen LogP contribution in [0.4, 0.5) is 10.1 Å². The summed E-state index contributed by atoms with van der Waals surface area (Å²) in [4.78, 5) is 8.00. The average molecular weight is 500 g/mol. The lowest BCUT2D eigenvalue weighted by molar-refractivity contribution is 0.371. The van der Waals surface area contributed by atoms with Crippen molar-refractivity contribution in [3.63, 3.8) is 0 Å². The van der Waals surface area contributed by atoms with E-state index in [1.54, 1.807) is 12.1 Å². The van der Waals surface area contributed by atoms with Gasteiger partial charge in [0.25, 0.3) is 0 Å². The van der Waals surface area contributed by atoms with Crippen molar-refractivity contribution in [3.8, 4) is 33.6 Å². The number of aromatic amines is 2. The number of pyridine rings is 1. The summed E-state index contributed by atoms with van der Waals surface area (Å²) in [6.07, 6.45) is 7.41. The van der Waals surface area contributed by atoms with Crippen LogP contribution in [0.15, 0.2) is 97.5 Å². The summed E-state index contributed by atoms with van der Waals surface area (Å²) in [5.74, 6) is 0.309. The van der Waals surface area contributed by atoms with Gasteiger partial charge in [0.05, 0.1) is 23.1 Å². The van der Waals surface area contributed by atoms with Gasteiger partial charge in [-0.3, -0.25) is 10.1 Å². The summed E-state index contributed by atoms with van der Waals surface area (Å²) in [7, 11) is 0. The molecule has 3 aromatic carbocycles. The van der Waals surface area contributed by atoms with Crippen molar-refractivity contribution in [3.05, 3.63) is 103 Å². The van der Waals surface area contributed by atoms with E-state index >= 15 is 0 Å². The third kappa shape index (κ3) is 3.95. The number of hydrogen-bond acceptors (Lipinski definition) is 3. The number of benzene rings is 3. The molecular formula is C32H26FN5. The fourth-order valence-corrected chi connectivity index (χ4v) is 5.30. The summed E-state index contributed by atoms with van der Waals surface area (Å²) >= 11 is 0. The summed E-state index contributed by atoms with van der Waals surface area (Å²) in [6, 6.07) is 23.2. The minimum Gasteiger partial charge on any atom is -0.358 e. The topological polar surface area (TPSA) is 69.4 Å². The van der Waals surface area contributed by atoms with Crippen LogP contribution in [0, 0.1) is 11.7 Å². The Morgan fingerprint density at radius 1 is 0.868 bits per heavy atom. The van der Waals surface area contributed by atoms with E-state index in [-0.39, 0.29) is 5.82 Å². The first kappa shape index (κ1) is 22.5. The molecule has 3 heterocycles. The van der Waals surface area contributed by atoms with E-state index in [0.717, 1.165) is 66.8 Å². The molecule has 0 saturated heterocycles. The van der Waals surface area contributed by atoms with Gasteiger partial charge in [-0.1, -0.05) is 43.3 Å². The van der Waals surface area contributed by atoms with Crippen LogP contribution in [-0.4, -0.2) is 20.2 Å². The summed E-state index contributed by atoms with van der Waals surface area (Å²) in [5, 5.41) is 13.3. The third-order valence-corrected chi connectivity index (χ3v) is 7.59. The van der Waals surface area contributed by atoms with Crippen molar-refractivity contribution < 1.29 is 4.39 Å². The Morgan fingerprint density at radius 2 is 1.76 bits per heavy atom. The maximum Gasteiger partial charge on any atom is 0.123 e. The zero-order valence-electron chi connectivity index (χ0n) is 20.8. The Morgan fingerprint density at radius 3 is 2.61 bits per heavy atom. The van der Waals surface area contributed by atoms with Crippen LogP contribution in [-0.2, 0) is 0 Å². The number of anilines is 1. The lowest BCUT2D eigenvalue weighted by Crippen LogP contribution is -2.18. The zero-order valence-corrected chi connectivity index (χ0v) is 20.8. The molecule has 0 amide bonds. The zero-order chi connectivity index (χ0) is 25.6. The predicted octanol–water partition coefficient (Wildman–Crippen LogP) is 8.31. The van der Waals surface area contributed by atoms with Gasteiger partial charge in [-0.25, -0.2) is 4.39 Å². The normalized spacial score (nSPS) is 13.6. The Kier molecular flexibility index (Phi) is 5.32. The van der Waals surface area contributed by atoms with Gasteiger partial charge in [0.15, 0.2) is 0 Å². The highest BCUT2D eigenvalue weighted by Gasteiger charge is 2.20. The maximum atomic E-state index is 13.9. The molecule has 1 fully saturated rings. The van der Waals surface area contributed by atoms with Crippen LogP contribution in [0.2, 0.25) is 0 Å². The first-order valence-electron chi connectivity index (χ1n) is 12.9. The van der Waals surface area contributed by atoms with E-state index < -0.39 is 0 Å². The number of rotatable bonds is 6. The molecule has 5 nitrogen and oxygen atoms in total. The molecule has 7 rings (SSSR count). The Hall–Kier alpha value is -4.71. The molecule has 6 heteroatoms. The third-order valence-electron chi connectivity index (χ3n) is 7.59. The fraction of sp³-hybridized carbons (Fsp3) is 0.125.